The Morgan fingerprint density at radius 1 is 1.15 bits per heavy atom. The lowest BCUT2D eigenvalue weighted by molar-refractivity contribution is -0.683. The quantitative estimate of drug-likeness (QED) is 0.776. The van der Waals surface area contributed by atoms with Gasteiger partial charge in [-0.1, -0.05) is 17.7 Å². The third-order valence-corrected chi connectivity index (χ3v) is 4.24. The molecule has 0 heterocycles. The summed E-state index contributed by atoms with van der Waals surface area (Å²) in [4.78, 5) is 25.6. The highest BCUT2D eigenvalue weighted by atomic mass is 19.1. The van der Waals surface area contributed by atoms with Crippen molar-refractivity contribution in [2.75, 3.05) is 25.5 Å². The maximum atomic E-state index is 13.8. The molecule has 7 heteroatoms. The SMILES string of the molecule is Cc1ccc(NC(=O)CN(C)C(=O)C[NH2+][C@H](C)c2ccc(F)cc2F)cc1. The van der Waals surface area contributed by atoms with Crippen molar-refractivity contribution in [1.82, 2.24) is 4.90 Å². The van der Waals surface area contributed by atoms with E-state index in [2.05, 4.69) is 5.32 Å². The first-order valence-electron chi connectivity index (χ1n) is 8.65. The summed E-state index contributed by atoms with van der Waals surface area (Å²) < 4.78 is 26.8. The molecular formula is C20H24F2N3O2+. The monoisotopic (exact) mass is 376 g/mol. The minimum Gasteiger partial charge on any atom is -0.332 e. The van der Waals surface area contributed by atoms with E-state index in [1.165, 1.54) is 24.1 Å². The van der Waals surface area contributed by atoms with E-state index in [9.17, 15) is 18.4 Å². The summed E-state index contributed by atoms with van der Waals surface area (Å²) >= 11 is 0. The maximum Gasteiger partial charge on any atom is 0.277 e. The van der Waals surface area contributed by atoms with E-state index in [1.807, 2.05) is 19.1 Å². The summed E-state index contributed by atoms with van der Waals surface area (Å²) in [6.45, 7) is 3.65. The summed E-state index contributed by atoms with van der Waals surface area (Å²) in [6, 6.07) is 10.4. The van der Waals surface area contributed by atoms with Gasteiger partial charge in [0.2, 0.25) is 5.91 Å². The summed E-state index contributed by atoms with van der Waals surface area (Å²) in [5.41, 5.74) is 2.07. The van der Waals surface area contributed by atoms with Gasteiger partial charge in [0.15, 0.2) is 6.54 Å². The van der Waals surface area contributed by atoms with E-state index >= 15 is 0 Å². The second-order valence-corrected chi connectivity index (χ2v) is 6.56. The highest BCUT2D eigenvalue weighted by Gasteiger charge is 2.19. The average Bonchev–Trinajstić information content (AvgIpc) is 2.61. The zero-order chi connectivity index (χ0) is 20.0. The van der Waals surface area contributed by atoms with Crippen molar-refractivity contribution in [1.29, 1.82) is 0 Å². The van der Waals surface area contributed by atoms with Gasteiger partial charge in [-0.3, -0.25) is 9.59 Å². The van der Waals surface area contributed by atoms with Crippen molar-refractivity contribution in [3.63, 3.8) is 0 Å². The van der Waals surface area contributed by atoms with Crippen LogP contribution < -0.4 is 10.6 Å². The Hall–Kier alpha value is -2.80. The molecule has 0 saturated heterocycles. The van der Waals surface area contributed by atoms with Crippen LogP contribution in [0.2, 0.25) is 0 Å². The van der Waals surface area contributed by atoms with Crippen molar-refractivity contribution in [2.24, 2.45) is 0 Å². The van der Waals surface area contributed by atoms with Gasteiger partial charge in [-0.2, -0.15) is 0 Å². The number of aryl methyl sites for hydroxylation is 1. The number of benzene rings is 2. The smallest absolute Gasteiger partial charge is 0.277 e. The zero-order valence-electron chi connectivity index (χ0n) is 15.6. The van der Waals surface area contributed by atoms with Crippen molar-refractivity contribution < 1.29 is 23.7 Å². The molecule has 0 bridgehead atoms. The molecule has 3 N–H and O–H groups in total. The number of hydrogen-bond acceptors (Lipinski definition) is 2. The molecule has 0 aliphatic rings. The summed E-state index contributed by atoms with van der Waals surface area (Å²) in [6.07, 6.45) is 0. The first kappa shape index (κ1) is 20.5. The van der Waals surface area contributed by atoms with Crippen molar-refractivity contribution in [2.45, 2.75) is 19.9 Å². The second kappa shape index (κ2) is 9.23. The van der Waals surface area contributed by atoms with Crippen molar-refractivity contribution >= 4 is 17.5 Å². The van der Waals surface area contributed by atoms with E-state index in [0.29, 0.717) is 11.3 Å². The van der Waals surface area contributed by atoms with Crippen LogP contribution in [0.25, 0.3) is 0 Å². The van der Waals surface area contributed by atoms with Gasteiger partial charge in [0.05, 0.1) is 6.54 Å². The Kier molecular flexibility index (Phi) is 7.01. The molecule has 2 aromatic carbocycles. The minimum atomic E-state index is -0.642. The van der Waals surface area contributed by atoms with E-state index in [-0.39, 0.29) is 30.9 Å². The fourth-order valence-electron chi connectivity index (χ4n) is 2.57. The van der Waals surface area contributed by atoms with Crippen LogP contribution in [0.1, 0.15) is 24.1 Å². The van der Waals surface area contributed by atoms with E-state index in [1.54, 1.807) is 24.4 Å². The lowest BCUT2D eigenvalue weighted by Gasteiger charge is -2.18. The lowest BCUT2D eigenvalue weighted by Crippen LogP contribution is -2.87. The maximum absolute atomic E-state index is 13.8. The van der Waals surface area contributed by atoms with Crippen molar-refractivity contribution in [3.05, 3.63) is 65.2 Å². The van der Waals surface area contributed by atoms with Crippen LogP contribution in [0.3, 0.4) is 0 Å². The molecular weight excluding hydrogens is 352 g/mol. The Bertz CT molecular complexity index is 809. The number of likely N-dealkylation sites (N-methyl/N-ethyl adjacent to an activating group) is 1. The summed E-state index contributed by atoms with van der Waals surface area (Å²) in [5.74, 6) is -1.84. The van der Waals surface area contributed by atoms with Gasteiger partial charge >= 0.3 is 0 Å². The number of nitrogens with two attached hydrogens (primary N) is 1. The Balaban J connectivity index is 1.82. The lowest BCUT2D eigenvalue weighted by atomic mass is 10.1. The molecule has 0 radical (unpaired) electrons. The number of amides is 2. The standard InChI is InChI=1S/C20H23F2N3O2/c1-13-4-7-16(8-5-13)24-19(26)12-25(3)20(27)11-23-14(2)17-9-6-15(21)10-18(17)22/h4-10,14,23H,11-12H2,1-3H3,(H,24,26)/p+1/t14-/m1/s1. The molecule has 2 aromatic rings. The number of nitrogens with one attached hydrogen (secondary N) is 1. The fraction of sp³-hybridized carbons (Fsp3) is 0.300. The predicted octanol–water partition coefficient (Wildman–Crippen LogP) is 1.99. The number of halogens is 2. The number of anilines is 1. The molecule has 1 atom stereocenters. The van der Waals surface area contributed by atoms with Gasteiger partial charge in [-0.25, -0.2) is 8.78 Å². The number of hydrogen-bond donors (Lipinski definition) is 2. The van der Waals surface area contributed by atoms with Crippen LogP contribution in [0.5, 0.6) is 0 Å². The van der Waals surface area contributed by atoms with Crippen molar-refractivity contribution in [3.8, 4) is 0 Å². The molecule has 0 fully saturated rings. The summed E-state index contributed by atoms with van der Waals surface area (Å²) in [5, 5.41) is 4.38. The van der Waals surface area contributed by atoms with Crippen LogP contribution >= 0.6 is 0 Å². The van der Waals surface area contributed by atoms with Crippen LogP contribution in [-0.4, -0.2) is 36.9 Å². The number of carbonyl (C=O) groups excluding carboxylic acids is 2. The zero-order valence-corrected chi connectivity index (χ0v) is 15.6. The first-order valence-corrected chi connectivity index (χ1v) is 8.65. The van der Waals surface area contributed by atoms with Gasteiger partial charge in [-0.15, -0.1) is 0 Å². The molecule has 0 aromatic heterocycles. The minimum absolute atomic E-state index is 0.0479. The normalized spacial score (nSPS) is 11.7. The molecule has 2 amide bonds. The number of rotatable bonds is 7. The molecule has 27 heavy (non-hydrogen) atoms. The Labute approximate surface area is 157 Å². The first-order chi connectivity index (χ1) is 12.8. The van der Waals surface area contributed by atoms with Gasteiger partial charge in [0, 0.05) is 24.4 Å². The van der Waals surface area contributed by atoms with Crippen LogP contribution in [0.4, 0.5) is 14.5 Å². The van der Waals surface area contributed by atoms with E-state index in [4.69, 9.17) is 0 Å². The third-order valence-electron chi connectivity index (χ3n) is 4.24. The third kappa shape index (κ3) is 6.14. The molecule has 0 unspecified atom stereocenters. The molecule has 0 aliphatic heterocycles. The van der Waals surface area contributed by atoms with E-state index in [0.717, 1.165) is 11.6 Å². The highest BCUT2D eigenvalue weighted by Crippen LogP contribution is 2.14. The van der Waals surface area contributed by atoms with Gasteiger partial charge in [-0.05, 0) is 38.1 Å². The number of quaternary nitrogens is 1. The molecule has 0 aliphatic carbocycles. The largest absolute Gasteiger partial charge is 0.332 e. The average molecular weight is 376 g/mol. The molecule has 0 saturated carbocycles. The molecule has 5 nitrogen and oxygen atoms in total. The van der Waals surface area contributed by atoms with Gasteiger partial charge < -0.3 is 15.5 Å². The van der Waals surface area contributed by atoms with E-state index < -0.39 is 11.6 Å². The second-order valence-electron chi connectivity index (χ2n) is 6.56. The van der Waals surface area contributed by atoms with Crippen LogP contribution in [0, 0.1) is 18.6 Å². The highest BCUT2D eigenvalue weighted by molar-refractivity contribution is 5.94. The molecule has 0 spiro atoms. The number of nitrogens with zero attached hydrogens (tertiary/aromatic N) is 1. The predicted molar refractivity (Wildman–Crippen MR) is 99.0 cm³/mol. The topological polar surface area (TPSA) is 66.0 Å². The van der Waals surface area contributed by atoms with Crippen LogP contribution in [-0.2, 0) is 9.59 Å². The molecule has 144 valence electrons. The Morgan fingerprint density at radius 2 is 1.81 bits per heavy atom. The fourth-order valence-corrected chi connectivity index (χ4v) is 2.57. The molecule has 2 rings (SSSR count). The van der Waals surface area contributed by atoms with Gasteiger partial charge in [0.25, 0.3) is 5.91 Å². The Morgan fingerprint density at radius 3 is 2.44 bits per heavy atom. The number of carbonyl (C=O) groups is 2. The van der Waals surface area contributed by atoms with Crippen LogP contribution in [0.15, 0.2) is 42.5 Å². The van der Waals surface area contributed by atoms with Gasteiger partial charge in [0.1, 0.15) is 17.7 Å². The summed E-state index contributed by atoms with van der Waals surface area (Å²) in [7, 11) is 1.54.